The van der Waals surface area contributed by atoms with Gasteiger partial charge in [-0.25, -0.2) is 4.79 Å². The smallest absolute Gasteiger partial charge is 0.329 e. The molecule has 3 N–H and O–H groups in total. The largest absolute Gasteiger partial charge is 0.496 e. The molecule has 8 nitrogen and oxygen atoms in total. The highest BCUT2D eigenvalue weighted by atomic mass is 35.5. The summed E-state index contributed by atoms with van der Waals surface area (Å²) in [7, 11) is 3.28. The summed E-state index contributed by atoms with van der Waals surface area (Å²) in [6, 6.07) is 5.22. The zero-order valence-electron chi connectivity index (χ0n) is 15.5. The molecule has 0 bridgehead atoms. The molecule has 0 atom stereocenters. The van der Waals surface area contributed by atoms with Gasteiger partial charge in [0.15, 0.2) is 5.78 Å². The average Bonchev–Trinajstić information content (AvgIpc) is 2.58. The topological polar surface area (TPSA) is 110 Å². The highest BCUT2D eigenvalue weighted by Gasteiger charge is 2.20. The minimum Gasteiger partial charge on any atom is -0.496 e. The second-order valence-corrected chi connectivity index (χ2v) is 6.66. The minimum absolute atomic E-state index is 0.0622. The van der Waals surface area contributed by atoms with Crippen LogP contribution in [0.5, 0.6) is 5.75 Å². The predicted octanol–water partition coefficient (Wildman–Crippen LogP) is 1.51. The van der Waals surface area contributed by atoms with Crippen LogP contribution >= 0.6 is 11.6 Å². The average molecular weight is 395 g/mol. The Bertz CT molecular complexity index is 951. The fourth-order valence-electron chi connectivity index (χ4n) is 2.84. The molecule has 2 rings (SSSR count). The number of ketones is 1. The lowest BCUT2D eigenvalue weighted by Gasteiger charge is -2.18. The number of nitrogen functional groups attached to an aromatic ring is 1. The van der Waals surface area contributed by atoms with E-state index in [1.54, 1.807) is 37.3 Å². The maximum absolute atomic E-state index is 12.7. The Kier molecular flexibility index (Phi) is 6.81. The summed E-state index contributed by atoms with van der Waals surface area (Å²) in [6.07, 6.45) is 0.637. The molecular formula is C18H23ClN4O4. The molecule has 0 radical (unpaired) electrons. The second-order valence-electron chi connectivity index (χ2n) is 6.22. The normalized spacial score (nSPS) is 11.0. The molecule has 0 spiro atoms. The van der Waals surface area contributed by atoms with Crippen LogP contribution in [0.3, 0.4) is 0 Å². The van der Waals surface area contributed by atoms with Gasteiger partial charge in [-0.05, 0) is 31.7 Å². The van der Waals surface area contributed by atoms with Crippen molar-refractivity contribution >= 4 is 23.2 Å². The van der Waals surface area contributed by atoms with E-state index >= 15 is 0 Å². The third-order valence-electron chi connectivity index (χ3n) is 4.06. The predicted molar refractivity (Wildman–Crippen MR) is 105 cm³/mol. The summed E-state index contributed by atoms with van der Waals surface area (Å²) in [5, 5.41) is 0.554. The van der Waals surface area contributed by atoms with Crippen LogP contribution in [0, 0.1) is 0 Å². The van der Waals surface area contributed by atoms with Gasteiger partial charge in [0.2, 0.25) is 0 Å². The van der Waals surface area contributed by atoms with E-state index in [9.17, 15) is 14.4 Å². The molecule has 1 heterocycles. The van der Waals surface area contributed by atoms with Gasteiger partial charge in [0.25, 0.3) is 5.56 Å². The van der Waals surface area contributed by atoms with Gasteiger partial charge in [0, 0.05) is 23.7 Å². The summed E-state index contributed by atoms with van der Waals surface area (Å²) in [4.78, 5) is 40.5. The highest BCUT2D eigenvalue weighted by Crippen LogP contribution is 2.23. The van der Waals surface area contributed by atoms with E-state index in [1.165, 1.54) is 4.57 Å². The van der Waals surface area contributed by atoms with Crippen LogP contribution in [0.15, 0.2) is 27.8 Å². The zero-order chi connectivity index (χ0) is 20.1. The minimum atomic E-state index is -0.774. The van der Waals surface area contributed by atoms with E-state index in [0.29, 0.717) is 30.3 Å². The molecule has 1 aromatic carbocycles. The number of aromatic amines is 1. The maximum atomic E-state index is 12.7. The molecule has 2 aromatic rings. The van der Waals surface area contributed by atoms with E-state index in [4.69, 9.17) is 22.1 Å². The number of ether oxygens (including phenoxy) is 1. The molecule has 0 saturated heterocycles. The molecule has 27 heavy (non-hydrogen) atoms. The summed E-state index contributed by atoms with van der Waals surface area (Å²) >= 11 is 6.03. The van der Waals surface area contributed by atoms with Gasteiger partial charge in [-0.3, -0.25) is 24.0 Å². The first-order chi connectivity index (χ1) is 12.8. The van der Waals surface area contributed by atoms with Crippen molar-refractivity contribution in [3.63, 3.8) is 0 Å². The van der Waals surface area contributed by atoms with Crippen molar-refractivity contribution in [2.75, 3.05) is 26.4 Å². The number of nitrogens with zero attached hydrogens (tertiary/aromatic N) is 2. The maximum Gasteiger partial charge on any atom is 0.329 e. The lowest BCUT2D eigenvalue weighted by Crippen LogP contribution is -2.38. The first-order valence-electron chi connectivity index (χ1n) is 8.45. The van der Waals surface area contributed by atoms with Gasteiger partial charge < -0.3 is 10.5 Å². The highest BCUT2D eigenvalue weighted by molar-refractivity contribution is 6.30. The fourth-order valence-corrected chi connectivity index (χ4v) is 3.04. The monoisotopic (exact) mass is 394 g/mol. The first-order valence-corrected chi connectivity index (χ1v) is 8.83. The van der Waals surface area contributed by atoms with Gasteiger partial charge >= 0.3 is 5.69 Å². The van der Waals surface area contributed by atoms with Crippen molar-refractivity contribution in [1.29, 1.82) is 0 Å². The summed E-state index contributed by atoms with van der Waals surface area (Å²) in [6.45, 7) is 2.50. The van der Waals surface area contributed by atoms with Crippen molar-refractivity contribution in [1.82, 2.24) is 14.5 Å². The lowest BCUT2D eigenvalue weighted by molar-refractivity contribution is 0.0941. The van der Waals surface area contributed by atoms with Crippen LogP contribution in [0.25, 0.3) is 0 Å². The van der Waals surface area contributed by atoms with Crippen molar-refractivity contribution in [3.8, 4) is 5.75 Å². The number of Topliss-reactive ketones (excluding diaryl/α,β-unsaturated/α-hetero) is 1. The molecular weight excluding hydrogens is 372 g/mol. The van der Waals surface area contributed by atoms with E-state index in [2.05, 4.69) is 4.98 Å². The van der Waals surface area contributed by atoms with Crippen LogP contribution in [0.2, 0.25) is 5.02 Å². The number of anilines is 1. The Morgan fingerprint density at radius 2 is 2.07 bits per heavy atom. The second kappa shape index (κ2) is 8.88. The Morgan fingerprint density at radius 3 is 2.70 bits per heavy atom. The number of nitrogens with one attached hydrogen (secondary N) is 1. The van der Waals surface area contributed by atoms with Crippen molar-refractivity contribution in [2.24, 2.45) is 0 Å². The van der Waals surface area contributed by atoms with E-state index in [0.717, 1.165) is 5.56 Å². The Labute approximate surface area is 161 Å². The summed E-state index contributed by atoms with van der Waals surface area (Å²) in [5.41, 5.74) is 5.14. The van der Waals surface area contributed by atoms with Gasteiger partial charge in [-0.1, -0.05) is 18.5 Å². The number of hydrogen-bond acceptors (Lipinski definition) is 6. The Morgan fingerprint density at radius 1 is 1.37 bits per heavy atom. The van der Waals surface area contributed by atoms with Gasteiger partial charge in [0.05, 0.1) is 13.7 Å². The molecule has 1 aromatic heterocycles. The number of rotatable bonds is 8. The molecule has 0 aliphatic carbocycles. The van der Waals surface area contributed by atoms with Gasteiger partial charge in [0.1, 0.15) is 17.1 Å². The molecule has 146 valence electrons. The zero-order valence-corrected chi connectivity index (χ0v) is 16.3. The van der Waals surface area contributed by atoms with Gasteiger partial charge in [-0.2, -0.15) is 0 Å². The van der Waals surface area contributed by atoms with Crippen LogP contribution in [0.1, 0.15) is 29.3 Å². The van der Waals surface area contributed by atoms with Crippen LogP contribution in [0.4, 0.5) is 5.82 Å². The van der Waals surface area contributed by atoms with Crippen LogP contribution in [-0.4, -0.2) is 40.9 Å². The van der Waals surface area contributed by atoms with E-state index in [-0.39, 0.29) is 17.9 Å². The number of nitrogens with two attached hydrogens (primary N) is 1. The Balaban J connectivity index is 2.25. The third kappa shape index (κ3) is 4.78. The number of halogens is 1. The molecule has 9 heteroatoms. The number of carbonyl (C=O) groups is 1. The van der Waals surface area contributed by atoms with Crippen molar-refractivity contribution < 1.29 is 9.53 Å². The number of likely N-dealkylation sites (N-methyl/N-ethyl adjacent to an activating group) is 1. The third-order valence-corrected chi connectivity index (χ3v) is 4.30. The molecule has 0 amide bonds. The molecule has 0 unspecified atom stereocenters. The summed E-state index contributed by atoms with van der Waals surface area (Å²) in [5.74, 6) is 0.0685. The van der Waals surface area contributed by atoms with E-state index in [1.807, 2.05) is 6.92 Å². The number of methoxy groups -OCH3 is 1. The number of H-pyrrole nitrogens is 1. The van der Waals surface area contributed by atoms with Crippen molar-refractivity contribution in [2.45, 2.75) is 26.4 Å². The Hall–Kier alpha value is -2.58. The number of aromatic nitrogens is 2. The number of benzene rings is 1. The molecule has 0 saturated carbocycles. The van der Waals surface area contributed by atoms with Crippen LogP contribution in [-0.2, 0) is 13.1 Å². The standard InChI is InChI=1S/C18H23ClN4O4/c1-4-7-23-16(20)15(17(25)21-18(23)26)13(24)10-22(2)9-11-8-12(19)5-6-14(11)27-3/h5-6,8H,4,7,9-10,20H2,1-3H3,(H,21,25,26). The number of carbonyl (C=O) groups excluding carboxylic acids is 1. The summed E-state index contributed by atoms with van der Waals surface area (Å²) < 4.78 is 6.50. The van der Waals surface area contributed by atoms with Crippen LogP contribution < -0.4 is 21.7 Å². The quantitative estimate of drug-likeness (QED) is 0.656. The molecule has 0 fully saturated rings. The number of hydrogen-bond donors (Lipinski definition) is 2. The van der Waals surface area contributed by atoms with Gasteiger partial charge in [-0.15, -0.1) is 0 Å². The molecule has 0 aliphatic rings. The lowest BCUT2D eigenvalue weighted by atomic mass is 10.1. The fraction of sp³-hybridized carbons (Fsp3) is 0.389. The SMILES string of the molecule is CCCn1c(N)c(C(=O)CN(C)Cc2cc(Cl)ccc2OC)c(=O)[nH]c1=O. The molecule has 0 aliphatic heterocycles. The van der Waals surface area contributed by atoms with Crippen molar-refractivity contribution in [3.05, 3.63) is 55.2 Å². The first kappa shape index (κ1) is 20.7. The van der Waals surface area contributed by atoms with E-state index < -0.39 is 17.0 Å².